The Morgan fingerprint density at radius 1 is 1.38 bits per heavy atom. The molecule has 0 aliphatic carbocycles. The molecule has 1 spiro atoms. The zero-order valence-corrected chi connectivity index (χ0v) is 12.5. The van der Waals surface area contributed by atoms with Gasteiger partial charge >= 0.3 is 6.09 Å². The molecule has 6 heteroatoms. The lowest BCUT2D eigenvalue weighted by Crippen LogP contribution is -2.36. The van der Waals surface area contributed by atoms with Crippen molar-refractivity contribution in [1.82, 2.24) is 14.8 Å². The largest absolute Gasteiger partial charge is 0.441 e. The Balaban J connectivity index is 1.72. The summed E-state index contributed by atoms with van der Waals surface area (Å²) in [6.45, 7) is 3.85. The maximum absolute atomic E-state index is 12.6. The Morgan fingerprint density at radius 2 is 2.19 bits per heavy atom. The van der Waals surface area contributed by atoms with Crippen molar-refractivity contribution in [3.63, 3.8) is 0 Å². The highest BCUT2D eigenvalue weighted by molar-refractivity contribution is 5.95. The molecule has 1 N–H and O–H groups in total. The number of carbonyl (C=O) groups is 2. The molecule has 2 aliphatic rings. The molecular weight excluding hydrogens is 270 g/mol. The SMILES string of the molecule is Cc1c(C(=O)N2CCCC3(CC2)CNC(=O)O3)ccn1C. The predicted molar refractivity (Wildman–Crippen MR) is 77.1 cm³/mol. The summed E-state index contributed by atoms with van der Waals surface area (Å²) in [6.07, 6.45) is 3.93. The van der Waals surface area contributed by atoms with E-state index < -0.39 is 5.60 Å². The van der Waals surface area contributed by atoms with Crippen molar-refractivity contribution in [3.05, 3.63) is 23.5 Å². The summed E-state index contributed by atoms with van der Waals surface area (Å²) in [7, 11) is 1.94. The first kappa shape index (κ1) is 14.0. The molecule has 1 atom stereocenters. The van der Waals surface area contributed by atoms with Crippen LogP contribution in [0.5, 0.6) is 0 Å². The van der Waals surface area contributed by atoms with E-state index in [0.29, 0.717) is 26.1 Å². The Labute approximate surface area is 124 Å². The molecule has 3 rings (SSSR count). The van der Waals surface area contributed by atoms with Crippen LogP contribution in [0.25, 0.3) is 0 Å². The van der Waals surface area contributed by atoms with E-state index in [-0.39, 0.29) is 12.0 Å². The molecule has 2 amide bonds. The molecule has 2 aliphatic heterocycles. The first-order valence-electron chi connectivity index (χ1n) is 7.39. The minimum absolute atomic E-state index is 0.0717. The average Bonchev–Trinajstić information content (AvgIpc) is 2.89. The van der Waals surface area contributed by atoms with Gasteiger partial charge in [0, 0.05) is 38.4 Å². The number of aryl methyl sites for hydroxylation is 1. The molecule has 2 fully saturated rings. The van der Waals surface area contributed by atoms with E-state index in [4.69, 9.17) is 4.74 Å². The number of nitrogens with one attached hydrogen (secondary N) is 1. The number of aromatic nitrogens is 1. The van der Waals surface area contributed by atoms with Crippen LogP contribution in [-0.2, 0) is 11.8 Å². The number of carbonyl (C=O) groups excluding carboxylic acids is 2. The fourth-order valence-corrected chi connectivity index (χ4v) is 3.16. The summed E-state index contributed by atoms with van der Waals surface area (Å²) in [5, 5.41) is 2.73. The molecule has 0 saturated carbocycles. The summed E-state index contributed by atoms with van der Waals surface area (Å²) in [5.74, 6) is 0.0717. The second-order valence-corrected chi connectivity index (χ2v) is 6.00. The Hall–Kier alpha value is -1.98. The second-order valence-electron chi connectivity index (χ2n) is 6.00. The predicted octanol–water partition coefficient (Wildman–Crippen LogP) is 1.44. The highest BCUT2D eigenvalue weighted by Gasteiger charge is 2.42. The zero-order chi connectivity index (χ0) is 15.0. The molecule has 0 bridgehead atoms. The number of alkyl carbamates (subject to hydrolysis) is 1. The Kier molecular flexibility index (Phi) is 3.39. The summed E-state index contributed by atoms with van der Waals surface area (Å²) in [4.78, 5) is 25.8. The average molecular weight is 291 g/mol. The van der Waals surface area contributed by atoms with Crippen molar-refractivity contribution in [1.29, 1.82) is 0 Å². The fourth-order valence-electron chi connectivity index (χ4n) is 3.16. The van der Waals surface area contributed by atoms with Crippen molar-refractivity contribution >= 4 is 12.0 Å². The van der Waals surface area contributed by atoms with Crippen molar-refractivity contribution in [2.75, 3.05) is 19.6 Å². The third-order valence-electron chi connectivity index (χ3n) is 4.66. The summed E-state index contributed by atoms with van der Waals surface area (Å²) in [6, 6.07) is 1.87. The highest BCUT2D eigenvalue weighted by atomic mass is 16.6. The minimum atomic E-state index is -0.419. The molecule has 1 aromatic heterocycles. The van der Waals surface area contributed by atoms with Crippen LogP contribution >= 0.6 is 0 Å². The standard InChI is InChI=1S/C15H21N3O3/c1-11-12(4-8-17(11)2)13(19)18-7-3-5-15(6-9-18)10-16-14(20)21-15/h4,8H,3,5-7,9-10H2,1-2H3,(H,16,20). The smallest absolute Gasteiger partial charge is 0.407 e. The minimum Gasteiger partial charge on any atom is -0.441 e. The van der Waals surface area contributed by atoms with Gasteiger partial charge in [-0.2, -0.15) is 0 Å². The molecule has 0 aromatic carbocycles. The van der Waals surface area contributed by atoms with E-state index in [2.05, 4.69) is 5.32 Å². The lowest BCUT2D eigenvalue weighted by atomic mass is 9.95. The summed E-state index contributed by atoms with van der Waals surface area (Å²) < 4.78 is 7.39. The highest BCUT2D eigenvalue weighted by Crippen LogP contribution is 2.30. The van der Waals surface area contributed by atoms with E-state index in [1.54, 1.807) is 0 Å². The molecule has 114 valence electrons. The van der Waals surface area contributed by atoms with Crippen molar-refractivity contribution < 1.29 is 14.3 Å². The van der Waals surface area contributed by atoms with Gasteiger partial charge in [0.1, 0.15) is 5.60 Å². The number of likely N-dealkylation sites (tertiary alicyclic amines) is 1. The second kappa shape index (κ2) is 5.09. The van der Waals surface area contributed by atoms with Gasteiger partial charge in [-0.15, -0.1) is 0 Å². The molecular formula is C15H21N3O3. The molecule has 1 aromatic rings. The van der Waals surface area contributed by atoms with Crippen LogP contribution in [0.3, 0.4) is 0 Å². The Morgan fingerprint density at radius 3 is 2.81 bits per heavy atom. The van der Waals surface area contributed by atoms with Gasteiger partial charge in [-0.3, -0.25) is 4.79 Å². The van der Waals surface area contributed by atoms with Gasteiger partial charge < -0.3 is 19.5 Å². The summed E-state index contributed by atoms with van der Waals surface area (Å²) in [5.41, 5.74) is 1.32. The van der Waals surface area contributed by atoms with E-state index >= 15 is 0 Å². The third kappa shape index (κ3) is 2.50. The van der Waals surface area contributed by atoms with Crippen molar-refractivity contribution in [3.8, 4) is 0 Å². The van der Waals surface area contributed by atoms with Crippen LogP contribution in [-0.4, -0.2) is 46.7 Å². The number of nitrogens with zero attached hydrogens (tertiary/aromatic N) is 2. The molecule has 1 unspecified atom stereocenters. The van der Waals surface area contributed by atoms with Crippen molar-refractivity contribution in [2.24, 2.45) is 7.05 Å². The van der Waals surface area contributed by atoms with Crippen LogP contribution in [0.1, 0.15) is 35.3 Å². The first-order chi connectivity index (χ1) is 10.0. The van der Waals surface area contributed by atoms with Crippen LogP contribution in [0, 0.1) is 6.92 Å². The lowest BCUT2D eigenvalue weighted by Gasteiger charge is -2.25. The van der Waals surface area contributed by atoms with Gasteiger partial charge in [0.25, 0.3) is 5.91 Å². The number of hydrogen-bond acceptors (Lipinski definition) is 3. The molecule has 3 heterocycles. The molecule has 0 radical (unpaired) electrons. The normalized spacial score (nSPS) is 25.6. The number of ether oxygens (including phenoxy) is 1. The number of rotatable bonds is 1. The monoisotopic (exact) mass is 291 g/mol. The van der Waals surface area contributed by atoms with Gasteiger partial charge in [-0.25, -0.2) is 4.79 Å². The maximum Gasteiger partial charge on any atom is 0.407 e. The van der Waals surface area contributed by atoms with Gasteiger partial charge in [0.05, 0.1) is 12.1 Å². The molecule has 2 saturated heterocycles. The first-order valence-corrected chi connectivity index (χ1v) is 7.39. The number of hydrogen-bond donors (Lipinski definition) is 1. The zero-order valence-electron chi connectivity index (χ0n) is 12.5. The summed E-state index contributed by atoms with van der Waals surface area (Å²) >= 11 is 0. The van der Waals surface area contributed by atoms with E-state index in [1.165, 1.54) is 0 Å². The van der Waals surface area contributed by atoms with Crippen LogP contribution in [0.4, 0.5) is 4.79 Å². The van der Waals surface area contributed by atoms with E-state index in [1.807, 2.05) is 35.7 Å². The third-order valence-corrected chi connectivity index (χ3v) is 4.66. The van der Waals surface area contributed by atoms with Gasteiger partial charge in [-0.05, 0) is 25.8 Å². The fraction of sp³-hybridized carbons (Fsp3) is 0.600. The van der Waals surface area contributed by atoms with Gasteiger partial charge in [0.15, 0.2) is 0 Å². The molecule has 21 heavy (non-hydrogen) atoms. The van der Waals surface area contributed by atoms with E-state index in [9.17, 15) is 9.59 Å². The van der Waals surface area contributed by atoms with Crippen LogP contribution in [0.2, 0.25) is 0 Å². The lowest BCUT2D eigenvalue weighted by molar-refractivity contribution is 0.0438. The van der Waals surface area contributed by atoms with Gasteiger partial charge in [0.2, 0.25) is 0 Å². The van der Waals surface area contributed by atoms with Crippen LogP contribution in [0.15, 0.2) is 12.3 Å². The Bertz CT molecular complexity index is 581. The van der Waals surface area contributed by atoms with Crippen LogP contribution < -0.4 is 5.32 Å². The topological polar surface area (TPSA) is 63.6 Å². The molecule has 6 nitrogen and oxygen atoms in total. The van der Waals surface area contributed by atoms with Crippen molar-refractivity contribution in [2.45, 2.75) is 31.8 Å². The quantitative estimate of drug-likeness (QED) is 0.851. The van der Waals surface area contributed by atoms with E-state index in [0.717, 1.165) is 24.1 Å². The maximum atomic E-state index is 12.6. The number of amides is 2. The van der Waals surface area contributed by atoms with Gasteiger partial charge in [-0.1, -0.05) is 0 Å².